The fraction of sp³-hybridized carbons (Fsp3) is 0.300. The van der Waals surface area contributed by atoms with Crippen LogP contribution in [0.25, 0.3) is 10.9 Å². The van der Waals surface area contributed by atoms with Gasteiger partial charge in [0.05, 0.1) is 17.4 Å². The van der Waals surface area contributed by atoms with Crippen LogP contribution in [0.4, 0.5) is 17.2 Å². The predicted octanol–water partition coefficient (Wildman–Crippen LogP) is 3.56. The standard InChI is InChI=1S/C20H23N5/c1-21-16-5-4-12-25(14-16)20-9-8-15(13-23-20)24-19-10-11-22-18-7-3-2-6-17(18)19/h2-3,6-11,13,16,21H,4-5,12,14H2,1H3,(H,22,24). The molecule has 0 spiro atoms. The minimum atomic E-state index is 0.552. The summed E-state index contributed by atoms with van der Waals surface area (Å²) in [6, 6.07) is 14.9. The number of pyridine rings is 2. The molecule has 0 bridgehead atoms. The zero-order valence-corrected chi connectivity index (χ0v) is 14.4. The molecule has 4 rings (SSSR count). The van der Waals surface area contributed by atoms with Crippen LogP contribution >= 0.6 is 0 Å². The average molecular weight is 333 g/mol. The first-order valence-corrected chi connectivity index (χ1v) is 8.82. The van der Waals surface area contributed by atoms with E-state index >= 15 is 0 Å². The number of nitrogens with zero attached hydrogens (tertiary/aromatic N) is 3. The molecule has 1 aliphatic heterocycles. The highest BCUT2D eigenvalue weighted by Crippen LogP contribution is 2.26. The minimum Gasteiger partial charge on any atom is -0.355 e. The topological polar surface area (TPSA) is 53.1 Å². The summed E-state index contributed by atoms with van der Waals surface area (Å²) in [6.45, 7) is 2.10. The molecule has 5 heteroatoms. The fourth-order valence-corrected chi connectivity index (χ4v) is 3.43. The normalized spacial score (nSPS) is 17.6. The third-order valence-corrected chi connectivity index (χ3v) is 4.83. The van der Waals surface area contributed by atoms with Crippen molar-refractivity contribution in [1.82, 2.24) is 15.3 Å². The largest absolute Gasteiger partial charge is 0.355 e. The maximum absolute atomic E-state index is 4.67. The van der Waals surface area contributed by atoms with E-state index in [-0.39, 0.29) is 0 Å². The van der Waals surface area contributed by atoms with Crippen LogP contribution in [0.5, 0.6) is 0 Å². The van der Waals surface area contributed by atoms with Gasteiger partial charge in [0.2, 0.25) is 0 Å². The summed E-state index contributed by atoms with van der Waals surface area (Å²) in [5, 5.41) is 7.95. The van der Waals surface area contributed by atoms with Gasteiger partial charge in [0.25, 0.3) is 0 Å². The highest BCUT2D eigenvalue weighted by Gasteiger charge is 2.19. The van der Waals surface area contributed by atoms with Crippen LogP contribution in [0.2, 0.25) is 0 Å². The molecular weight excluding hydrogens is 310 g/mol. The molecule has 1 fully saturated rings. The Hall–Kier alpha value is -2.66. The molecule has 1 saturated heterocycles. The van der Waals surface area contributed by atoms with E-state index in [0.717, 1.165) is 41.2 Å². The maximum Gasteiger partial charge on any atom is 0.128 e. The second-order valence-electron chi connectivity index (χ2n) is 6.48. The molecule has 2 N–H and O–H groups in total. The van der Waals surface area contributed by atoms with E-state index in [2.05, 4.69) is 43.7 Å². The van der Waals surface area contributed by atoms with Gasteiger partial charge in [-0.05, 0) is 44.2 Å². The first kappa shape index (κ1) is 15.8. The summed E-state index contributed by atoms with van der Waals surface area (Å²) in [6.07, 6.45) is 6.18. The molecule has 25 heavy (non-hydrogen) atoms. The number of piperidine rings is 1. The second-order valence-corrected chi connectivity index (χ2v) is 6.48. The first-order chi connectivity index (χ1) is 12.3. The Kier molecular flexibility index (Phi) is 4.48. The highest BCUT2D eigenvalue weighted by atomic mass is 15.2. The van der Waals surface area contributed by atoms with Crippen molar-refractivity contribution in [2.24, 2.45) is 0 Å². The lowest BCUT2D eigenvalue weighted by atomic mass is 10.1. The second kappa shape index (κ2) is 7.07. The van der Waals surface area contributed by atoms with Crippen molar-refractivity contribution in [3.05, 3.63) is 54.9 Å². The van der Waals surface area contributed by atoms with Crippen molar-refractivity contribution in [2.45, 2.75) is 18.9 Å². The zero-order chi connectivity index (χ0) is 17.1. The number of fused-ring (bicyclic) bond motifs is 1. The van der Waals surface area contributed by atoms with Gasteiger partial charge < -0.3 is 15.5 Å². The average Bonchev–Trinajstić information content (AvgIpc) is 2.69. The van der Waals surface area contributed by atoms with Gasteiger partial charge in [0.1, 0.15) is 5.82 Å². The third-order valence-electron chi connectivity index (χ3n) is 4.83. The number of rotatable bonds is 4. The van der Waals surface area contributed by atoms with Gasteiger partial charge in [-0.15, -0.1) is 0 Å². The number of hydrogen-bond donors (Lipinski definition) is 2. The maximum atomic E-state index is 4.67. The van der Waals surface area contributed by atoms with Crippen LogP contribution < -0.4 is 15.5 Å². The summed E-state index contributed by atoms with van der Waals surface area (Å²) in [7, 11) is 2.04. The lowest BCUT2D eigenvalue weighted by molar-refractivity contribution is 0.447. The summed E-state index contributed by atoms with van der Waals surface area (Å²) < 4.78 is 0. The van der Waals surface area contributed by atoms with Gasteiger partial charge in [0, 0.05) is 36.4 Å². The zero-order valence-electron chi connectivity index (χ0n) is 14.4. The molecule has 128 valence electrons. The molecule has 1 aliphatic rings. The molecular formula is C20H23N5. The third kappa shape index (κ3) is 3.42. The van der Waals surface area contributed by atoms with E-state index in [1.165, 1.54) is 12.8 Å². The summed E-state index contributed by atoms with van der Waals surface area (Å²) in [4.78, 5) is 11.4. The molecule has 0 amide bonds. The molecule has 1 atom stereocenters. The Morgan fingerprint density at radius 2 is 2.00 bits per heavy atom. The Morgan fingerprint density at radius 1 is 1.08 bits per heavy atom. The number of para-hydroxylation sites is 1. The molecule has 1 unspecified atom stereocenters. The van der Waals surface area contributed by atoms with E-state index in [9.17, 15) is 0 Å². The molecule has 2 aromatic heterocycles. The van der Waals surface area contributed by atoms with Gasteiger partial charge in [-0.25, -0.2) is 4.98 Å². The predicted molar refractivity (Wildman–Crippen MR) is 104 cm³/mol. The quantitative estimate of drug-likeness (QED) is 0.764. The van der Waals surface area contributed by atoms with Crippen LogP contribution in [0.1, 0.15) is 12.8 Å². The van der Waals surface area contributed by atoms with Crippen molar-refractivity contribution < 1.29 is 0 Å². The molecule has 3 heterocycles. The Morgan fingerprint density at radius 3 is 2.84 bits per heavy atom. The number of nitrogens with one attached hydrogen (secondary N) is 2. The smallest absolute Gasteiger partial charge is 0.128 e. The van der Waals surface area contributed by atoms with Crippen molar-refractivity contribution in [3.8, 4) is 0 Å². The number of hydrogen-bond acceptors (Lipinski definition) is 5. The summed E-state index contributed by atoms with van der Waals surface area (Å²) in [5.74, 6) is 1.05. The number of anilines is 3. The van der Waals surface area contributed by atoms with Gasteiger partial charge >= 0.3 is 0 Å². The SMILES string of the molecule is CNC1CCCN(c2ccc(Nc3ccnc4ccccc34)cn2)C1. The van der Waals surface area contributed by atoms with E-state index in [1.807, 2.05) is 43.7 Å². The van der Waals surface area contributed by atoms with Gasteiger partial charge in [-0.1, -0.05) is 18.2 Å². The van der Waals surface area contributed by atoms with Crippen molar-refractivity contribution in [2.75, 3.05) is 30.4 Å². The van der Waals surface area contributed by atoms with E-state index < -0.39 is 0 Å². The molecule has 5 nitrogen and oxygen atoms in total. The van der Waals surface area contributed by atoms with Crippen LogP contribution in [-0.4, -0.2) is 36.1 Å². The first-order valence-electron chi connectivity index (χ1n) is 8.82. The number of aromatic nitrogens is 2. The fourth-order valence-electron chi connectivity index (χ4n) is 3.43. The molecule has 3 aromatic rings. The lowest BCUT2D eigenvalue weighted by Crippen LogP contribution is -2.44. The Labute approximate surface area is 148 Å². The van der Waals surface area contributed by atoms with Crippen LogP contribution in [-0.2, 0) is 0 Å². The number of likely N-dealkylation sites (N-methyl/N-ethyl adjacent to an activating group) is 1. The van der Waals surface area contributed by atoms with E-state index in [4.69, 9.17) is 0 Å². The number of benzene rings is 1. The van der Waals surface area contributed by atoms with Crippen LogP contribution in [0.15, 0.2) is 54.9 Å². The summed E-state index contributed by atoms with van der Waals surface area (Å²) in [5.41, 5.74) is 3.03. The van der Waals surface area contributed by atoms with Crippen LogP contribution in [0, 0.1) is 0 Å². The van der Waals surface area contributed by atoms with Gasteiger partial charge in [0.15, 0.2) is 0 Å². The van der Waals surface area contributed by atoms with Crippen molar-refractivity contribution in [3.63, 3.8) is 0 Å². The lowest BCUT2D eigenvalue weighted by Gasteiger charge is -2.33. The minimum absolute atomic E-state index is 0.552. The Bertz CT molecular complexity index is 841. The summed E-state index contributed by atoms with van der Waals surface area (Å²) >= 11 is 0. The van der Waals surface area contributed by atoms with Crippen molar-refractivity contribution in [1.29, 1.82) is 0 Å². The van der Waals surface area contributed by atoms with E-state index in [0.29, 0.717) is 6.04 Å². The highest BCUT2D eigenvalue weighted by molar-refractivity contribution is 5.92. The molecule has 0 radical (unpaired) electrons. The molecule has 0 aliphatic carbocycles. The van der Waals surface area contributed by atoms with Gasteiger partial charge in [-0.2, -0.15) is 0 Å². The van der Waals surface area contributed by atoms with E-state index in [1.54, 1.807) is 0 Å². The molecule has 1 aromatic carbocycles. The molecule has 0 saturated carbocycles. The van der Waals surface area contributed by atoms with Crippen molar-refractivity contribution >= 4 is 28.1 Å². The monoisotopic (exact) mass is 333 g/mol. The Balaban J connectivity index is 1.52. The van der Waals surface area contributed by atoms with Gasteiger partial charge in [-0.3, -0.25) is 4.98 Å². The van der Waals surface area contributed by atoms with Crippen LogP contribution in [0.3, 0.4) is 0 Å².